The molecular formula is C23H26BrN3O2S. The number of hydrogen-bond donors (Lipinski definition) is 1. The summed E-state index contributed by atoms with van der Waals surface area (Å²) in [7, 11) is 1.63. The van der Waals surface area contributed by atoms with Gasteiger partial charge in [-0.15, -0.1) is 0 Å². The van der Waals surface area contributed by atoms with Crippen LogP contribution in [0.2, 0.25) is 0 Å². The van der Waals surface area contributed by atoms with Gasteiger partial charge in [-0.3, -0.25) is 9.69 Å². The standard InChI is InChI=1S/C23H26BrN3O2S/c1-5-26(6-2)22(28)20-15(3)27(17-10-8-7-9-11-17)23(30)25-21(20)16-12-13-19(29-4)18(24)14-16/h7-14,21H,5-6H2,1-4H3,(H,25,30). The number of nitrogens with one attached hydrogen (secondary N) is 1. The number of ether oxygens (including phenoxy) is 1. The molecule has 0 fully saturated rings. The first-order valence-corrected chi connectivity index (χ1v) is 11.1. The molecule has 1 N–H and O–H groups in total. The highest BCUT2D eigenvalue weighted by atomic mass is 79.9. The lowest BCUT2D eigenvalue weighted by Crippen LogP contribution is -2.50. The summed E-state index contributed by atoms with van der Waals surface area (Å²) >= 11 is 9.28. The van der Waals surface area contributed by atoms with Crippen LogP contribution in [0.4, 0.5) is 5.69 Å². The van der Waals surface area contributed by atoms with Crippen LogP contribution < -0.4 is 15.0 Å². The number of nitrogens with zero attached hydrogens (tertiary/aromatic N) is 2. The molecule has 3 rings (SSSR count). The molecule has 0 saturated carbocycles. The number of thiocarbonyl (C=S) groups is 1. The van der Waals surface area contributed by atoms with Crippen molar-refractivity contribution in [3.05, 3.63) is 69.8 Å². The summed E-state index contributed by atoms with van der Waals surface area (Å²) in [4.78, 5) is 17.3. The Bertz CT molecular complexity index is 974. The van der Waals surface area contributed by atoms with Crippen molar-refractivity contribution in [2.75, 3.05) is 25.1 Å². The van der Waals surface area contributed by atoms with Gasteiger partial charge in [-0.2, -0.15) is 0 Å². The first-order chi connectivity index (χ1) is 14.4. The molecule has 7 heteroatoms. The number of carbonyl (C=O) groups excluding carboxylic acids is 1. The highest BCUT2D eigenvalue weighted by Gasteiger charge is 2.36. The summed E-state index contributed by atoms with van der Waals surface area (Å²) in [6.45, 7) is 7.22. The van der Waals surface area contributed by atoms with Gasteiger partial charge in [0.1, 0.15) is 5.75 Å². The topological polar surface area (TPSA) is 44.8 Å². The molecule has 2 aromatic rings. The van der Waals surface area contributed by atoms with E-state index >= 15 is 0 Å². The fourth-order valence-electron chi connectivity index (χ4n) is 3.70. The van der Waals surface area contributed by atoms with Crippen LogP contribution >= 0.6 is 28.1 Å². The number of allylic oxidation sites excluding steroid dienone is 1. The quantitative estimate of drug-likeness (QED) is 0.578. The number of amides is 1. The molecule has 1 aliphatic heterocycles. The number of carbonyl (C=O) groups is 1. The van der Waals surface area contributed by atoms with E-state index in [1.165, 1.54) is 0 Å². The molecule has 1 atom stereocenters. The number of methoxy groups -OCH3 is 1. The predicted octanol–water partition coefficient (Wildman–Crippen LogP) is 5.04. The lowest BCUT2D eigenvalue weighted by molar-refractivity contribution is -0.127. The van der Waals surface area contributed by atoms with Gasteiger partial charge in [0.15, 0.2) is 5.11 Å². The van der Waals surface area contributed by atoms with E-state index in [4.69, 9.17) is 17.0 Å². The zero-order valence-corrected chi connectivity index (χ0v) is 20.0. The summed E-state index contributed by atoms with van der Waals surface area (Å²) in [6.07, 6.45) is 0. The van der Waals surface area contributed by atoms with Crippen LogP contribution in [-0.4, -0.2) is 36.1 Å². The normalized spacial score (nSPS) is 16.4. The van der Waals surface area contributed by atoms with E-state index in [9.17, 15) is 4.79 Å². The van der Waals surface area contributed by atoms with Crippen molar-refractivity contribution >= 4 is 44.9 Å². The van der Waals surface area contributed by atoms with Crippen LogP contribution in [0, 0.1) is 0 Å². The predicted molar refractivity (Wildman–Crippen MR) is 129 cm³/mol. The molecular weight excluding hydrogens is 462 g/mol. The smallest absolute Gasteiger partial charge is 0.253 e. The number of para-hydroxylation sites is 1. The number of rotatable bonds is 6. The second-order valence-corrected chi connectivity index (χ2v) is 8.17. The van der Waals surface area contributed by atoms with Gasteiger partial charge in [0.05, 0.1) is 23.2 Å². The van der Waals surface area contributed by atoms with Crippen LogP contribution in [0.1, 0.15) is 32.4 Å². The zero-order chi connectivity index (χ0) is 21.8. The van der Waals surface area contributed by atoms with Gasteiger partial charge < -0.3 is 15.0 Å². The number of hydrogen-bond acceptors (Lipinski definition) is 3. The molecule has 0 saturated heterocycles. The summed E-state index contributed by atoms with van der Waals surface area (Å²) in [5.74, 6) is 0.741. The van der Waals surface area contributed by atoms with E-state index in [0.29, 0.717) is 23.8 Å². The van der Waals surface area contributed by atoms with Crippen molar-refractivity contribution in [3.8, 4) is 5.75 Å². The Kier molecular flexibility index (Phi) is 7.15. The van der Waals surface area contributed by atoms with E-state index in [2.05, 4.69) is 21.2 Å². The summed E-state index contributed by atoms with van der Waals surface area (Å²) < 4.78 is 6.19. The summed E-state index contributed by atoms with van der Waals surface area (Å²) in [5.41, 5.74) is 3.38. The van der Waals surface area contributed by atoms with Crippen molar-refractivity contribution in [1.29, 1.82) is 0 Å². The first kappa shape index (κ1) is 22.3. The highest BCUT2D eigenvalue weighted by molar-refractivity contribution is 9.10. The third kappa shape index (κ3) is 4.23. The van der Waals surface area contributed by atoms with E-state index < -0.39 is 0 Å². The SMILES string of the molecule is CCN(CC)C(=O)C1=C(C)N(c2ccccc2)C(=S)NC1c1ccc(OC)c(Br)c1. The van der Waals surface area contributed by atoms with E-state index in [1.807, 2.05) is 79.1 Å². The lowest BCUT2D eigenvalue weighted by atomic mass is 9.93. The van der Waals surface area contributed by atoms with Gasteiger partial charge in [-0.05, 0) is 78.7 Å². The fourth-order valence-corrected chi connectivity index (χ4v) is 4.62. The highest BCUT2D eigenvalue weighted by Crippen LogP contribution is 2.37. The molecule has 30 heavy (non-hydrogen) atoms. The van der Waals surface area contributed by atoms with Gasteiger partial charge in [-0.1, -0.05) is 24.3 Å². The third-order valence-electron chi connectivity index (χ3n) is 5.29. The monoisotopic (exact) mass is 487 g/mol. The summed E-state index contributed by atoms with van der Waals surface area (Å²) in [6, 6.07) is 15.3. The fraction of sp³-hybridized carbons (Fsp3) is 0.304. The van der Waals surface area contributed by atoms with Gasteiger partial charge in [0.2, 0.25) is 0 Å². The molecule has 0 radical (unpaired) electrons. The molecule has 0 aromatic heterocycles. The molecule has 1 unspecified atom stereocenters. The Morgan fingerprint density at radius 3 is 2.43 bits per heavy atom. The number of anilines is 1. The van der Waals surface area contributed by atoms with Crippen molar-refractivity contribution in [2.45, 2.75) is 26.8 Å². The Labute approximate surface area is 191 Å². The Morgan fingerprint density at radius 2 is 1.87 bits per heavy atom. The number of benzene rings is 2. The van der Waals surface area contributed by atoms with Crippen LogP contribution in [0.15, 0.2) is 64.3 Å². The Hall–Kier alpha value is -2.38. The zero-order valence-electron chi connectivity index (χ0n) is 17.6. The Morgan fingerprint density at radius 1 is 1.20 bits per heavy atom. The minimum absolute atomic E-state index is 0.00497. The lowest BCUT2D eigenvalue weighted by Gasteiger charge is -2.39. The van der Waals surface area contributed by atoms with Crippen molar-refractivity contribution in [2.24, 2.45) is 0 Å². The molecule has 158 valence electrons. The second kappa shape index (κ2) is 9.62. The van der Waals surface area contributed by atoms with Crippen LogP contribution in [0.3, 0.4) is 0 Å². The molecule has 0 spiro atoms. The van der Waals surface area contributed by atoms with Crippen LogP contribution in [0.5, 0.6) is 5.75 Å². The van der Waals surface area contributed by atoms with Crippen molar-refractivity contribution in [3.63, 3.8) is 0 Å². The molecule has 2 aromatic carbocycles. The largest absolute Gasteiger partial charge is 0.496 e. The molecule has 1 heterocycles. The van der Waals surface area contributed by atoms with Crippen LogP contribution in [0.25, 0.3) is 0 Å². The minimum Gasteiger partial charge on any atom is -0.496 e. The van der Waals surface area contributed by atoms with E-state index in [-0.39, 0.29) is 11.9 Å². The minimum atomic E-state index is -0.354. The van der Waals surface area contributed by atoms with Gasteiger partial charge in [0.25, 0.3) is 5.91 Å². The third-order valence-corrected chi connectivity index (χ3v) is 6.21. The van der Waals surface area contributed by atoms with Crippen LogP contribution in [-0.2, 0) is 4.79 Å². The van der Waals surface area contributed by atoms with Gasteiger partial charge >= 0.3 is 0 Å². The van der Waals surface area contributed by atoms with E-state index in [0.717, 1.165) is 27.2 Å². The second-order valence-electron chi connectivity index (χ2n) is 6.92. The average molecular weight is 488 g/mol. The first-order valence-electron chi connectivity index (χ1n) is 9.92. The van der Waals surface area contributed by atoms with Crippen molar-refractivity contribution in [1.82, 2.24) is 10.2 Å². The Balaban J connectivity index is 2.16. The maximum Gasteiger partial charge on any atom is 0.253 e. The maximum absolute atomic E-state index is 13.6. The summed E-state index contributed by atoms with van der Waals surface area (Å²) in [5, 5.41) is 3.96. The molecule has 1 aliphatic rings. The molecule has 5 nitrogen and oxygen atoms in total. The average Bonchev–Trinajstić information content (AvgIpc) is 2.74. The number of halogens is 1. The van der Waals surface area contributed by atoms with Crippen molar-refractivity contribution < 1.29 is 9.53 Å². The maximum atomic E-state index is 13.6. The van der Waals surface area contributed by atoms with Gasteiger partial charge in [-0.25, -0.2) is 0 Å². The molecule has 0 aliphatic carbocycles. The number of likely N-dealkylation sites (N-methyl/N-ethyl adjacent to an activating group) is 1. The van der Waals surface area contributed by atoms with E-state index in [1.54, 1.807) is 7.11 Å². The molecule has 0 bridgehead atoms. The van der Waals surface area contributed by atoms with Gasteiger partial charge in [0, 0.05) is 24.5 Å². The molecule has 1 amide bonds.